The van der Waals surface area contributed by atoms with Crippen molar-refractivity contribution < 1.29 is 9.81 Å². The largest absolute Gasteiger partial charge is 0.569 e. The van der Waals surface area contributed by atoms with Crippen molar-refractivity contribution in [2.45, 2.75) is 33.8 Å². The second-order valence-corrected chi connectivity index (χ2v) is 2.63. The standard InChI is InChI=1S/C7H17N3O2/c1-5-9(6-2)10(11)8-12-7(3)4/h7H,5-6H2,1-4H3/b10-8-. The normalized spacial score (nSPS) is 11.9. The molecule has 0 aromatic heterocycles. The third-order valence-corrected chi connectivity index (χ3v) is 1.30. The lowest BCUT2D eigenvalue weighted by Gasteiger charge is -2.13. The minimum absolute atomic E-state index is 0.0583. The first-order valence-electron chi connectivity index (χ1n) is 4.20. The summed E-state index contributed by atoms with van der Waals surface area (Å²) >= 11 is 0. The van der Waals surface area contributed by atoms with E-state index in [1.807, 2.05) is 27.7 Å². The molecule has 0 heterocycles. The first-order chi connectivity index (χ1) is 5.61. The minimum atomic E-state index is -0.0583. The first-order valence-corrected chi connectivity index (χ1v) is 4.20. The second-order valence-electron chi connectivity index (χ2n) is 2.63. The summed E-state index contributed by atoms with van der Waals surface area (Å²) in [6.07, 6.45) is -0.0583. The monoisotopic (exact) mass is 175 g/mol. The van der Waals surface area contributed by atoms with E-state index in [-0.39, 0.29) is 6.10 Å². The summed E-state index contributed by atoms with van der Waals surface area (Å²) in [7, 11) is 0. The van der Waals surface area contributed by atoms with Gasteiger partial charge in [-0.2, -0.15) is 0 Å². The van der Waals surface area contributed by atoms with Crippen molar-refractivity contribution in [3.8, 4) is 0 Å². The lowest BCUT2D eigenvalue weighted by atomic mass is 10.5. The zero-order valence-electron chi connectivity index (χ0n) is 8.15. The van der Waals surface area contributed by atoms with E-state index in [0.717, 1.165) is 0 Å². The Labute approximate surface area is 73.1 Å². The van der Waals surface area contributed by atoms with Gasteiger partial charge >= 0.3 is 0 Å². The molecule has 5 heteroatoms. The zero-order valence-corrected chi connectivity index (χ0v) is 8.15. The summed E-state index contributed by atoms with van der Waals surface area (Å²) in [5.74, 6) is 0. The van der Waals surface area contributed by atoms with E-state index in [9.17, 15) is 5.21 Å². The number of hydrazine groups is 1. The molecule has 0 N–H and O–H groups in total. The van der Waals surface area contributed by atoms with Gasteiger partial charge in [-0.05, 0) is 27.7 Å². The molecular weight excluding hydrogens is 158 g/mol. The Bertz CT molecular complexity index is 144. The highest BCUT2D eigenvalue weighted by Gasteiger charge is 2.06. The van der Waals surface area contributed by atoms with Gasteiger partial charge in [-0.15, -0.1) is 5.01 Å². The maximum Gasteiger partial charge on any atom is 0.233 e. The van der Waals surface area contributed by atoms with Gasteiger partial charge in [0.25, 0.3) is 0 Å². The third-order valence-electron chi connectivity index (χ3n) is 1.30. The quantitative estimate of drug-likeness (QED) is 0.362. The predicted octanol–water partition coefficient (Wildman–Crippen LogP) is 1.55. The summed E-state index contributed by atoms with van der Waals surface area (Å²) in [5.41, 5.74) is 0. The van der Waals surface area contributed by atoms with Crippen molar-refractivity contribution >= 4 is 0 Å². The fourth-order valence-corrected chi connectivity index (χ4v) is 0.652. The fraction of sp³-hybridized carbons (Fsp3) is 1.00. The topological polar surface area (TPSA) is 50.9 Å². The van der Waals surface area contributed by atoms with Gasteiger partial charge in [-0.3, -0.25) is 0 Å². The Morgan fingerprint density at radius 3 is 2.25 bits per heavy atom. The van der Waals surface area contributed by atoms with Crippen LogP contribution in [0.5, 0.6) is 0 Å². The van der Waals surface area contributed by atoms with Crippen LogP contribution in [-0.4, -0.2) is 29.2 Å². The zero-order chi connectivity index (χ0) is 9.56. The Morgan fingerprint density at radius 1 is 1.42 bits per heavy atom. The van der Waals surface area contributed by atoms with Crippen LogP contribution in [0.15, 0.2) is 5.28 Å². The van der Waals surface area contributed by atoms with Crippen molar-refractivity contribution in [3.63, 3.8) is 0 Å². The van der Waals surface area contributed by atoms with E-state index in [0.29, 0.717) is 18.1 Å². The molecule has 0 saturated heterocycles. The van der Waals surface area contributed by atoms with Crippen LogP contribution < -0.4 is 0 Å². The van der Waals surface area contributed by atoms with Crippen LogP contribution in [0.3, 0.4) is 0 Å². The molecule has 0 unspecified atom stereocenters. The van der Waals surface area contributed by atoms with Crippen molar-refractivity contribution in [3.05, 3.63) is 5.21 Å². The second kappa shape index (κ2) is 5.62. The Morgan fingerprint density at radius 2 is 1.92 bits per heavy atom. The van der Waals surface area contributed by atoms with Crippen LogP contribution in [0, 0.1) is 5.21 Å². The summed E-state index contributed by atoms with van der Waals surface area (Å²) in [5, 5.41) is 15.9. The Balaban J connectivity index is 3.96. The molecular formula is C7H17N3O2. The molecule has 0 aromatic rings. The van der Waals surface area contributed by atoms with Gasteiger partial charge in [0.2, 0.25) is 5.28 Å². The molecule has 72 valence electrons. The lowest BCUT2D eigenvalue weighted by Crippen LogP contribution is -2.30. The molecule has 12 heavy (non-hydrogen) atoms. The maximum atomic E-state index is 11.1. The van der Waals surface area contributed by atoms with E-state index in [1.165, 1.54) is 5.01 Å². The average molecular weight is 175 g/mol. The van der Waals surface area contributed by atoms with Crippen LogP contribution in [-0.2, 0) is 4.84 Å². The van der Waals surface area contributed by atoms with Crippen molar-refractivity contribution in [2.24, 2.45) is 5.28 Å². The SMILES string of the molecule is CCN(CC)/[N+]([O-])=N/OC(C)C. The van der Waals surface area contributed by atoms with Crippen LogP contribution >= 0.6 is 0 Å². The molecule has 0 bridgehead atoms. The predicted molar refractivity (Wildman–Crippen MR) is 45.2 cm³/mol. The molecule has 0 atom stereocenters. The van der Waals surface area contributed by atoms with E-state index >= 15 is 0 Å². The van der Waals surface area contributed by atoms with E-state index in [1.54, 1.807) is 0 Å². The number of hydrogen-bond acceptors (Lipinski definition) is 3. The summed E-state index contributed by atoms with van der Waals surface area (Å²) in [4.78, 5) is 5.27. The van der Waals surface area contributed by atoms with E-state index in [2.05, 4.69) is 5.28 Å². The highest BCUT2D eigenvalue weighted by Crippen LogP contribution is 1.93. The molecule has 0 aliphatic heterocycles. The Kier molecular flexibility index (Phi) is 5.16. The molecule has 0 rings (SSSR count). The van der Waals surface area contributed by atoms with Gasteiger partial charge in [0, 0.05) is 0 Å². The van der Waals surface area contributed by atoms with Crippen LogP contribution in [0.2, 0.25) is 0 Å². The lowest BCUT2D eigenvalue weighted by molar-refractivity contribution is -0.710. The van der Waals surface area contributed by atoms with Gasteiger partial charge in [0.15, 0.2) is 0 Å². The van der Waals surface area contributed by atoms with Crippen LogP contribution in [0.1, 0.15) is 27.7 Å². The van der Waals surface area contributed by atoms with Crippen LogP contribution in [0.4, 0.5) is 0 Å². The molecule has 0 saturated carbocycles. The summed E-state index contributed by atoms with van der Waals surface area (Å²) in [6, 6.07) is 0. The third kappa shape index (κ3) is 4.00. The average Bonchev–Trinajstić information content (AvgIpc) is 2.03. The van der Waals surface area contributed by atoms with Gasteiger partial charge < -0.3 is 10.0 Å². The molecule has 0 spiro atoms. The first kappa shape index (κ1) is 11.0. The highest BCUT2D eigenvalue weighted by atomic mass is 16.7. The molecule has 0 amide bonds. The van der Waals surface area contributed by atoms with Crippen molar-refractivity contribution in [1.82, 2.24) is 5.01 Å². The molecule has 0 aliphatic carbocycles. The summed E-state index contributed by atoms with van der Waals surface area (Å²) < 4.78 is 0. The Hall–Kier alpha value is -1.00. The fourth-order valence-electron chi connectivity index (χ4n) is 0.652. The molecule has 0 fully saturated rings. The molecule has 5 nitrogen and oxygen atoms in total. The minimum Gasteiger partial charge on any atom is -0.569 e. The molecule has 0 aliphatic rings. The van der Waals surface area contributed by atoms with Gasteiger partial charge in [0.05, 0.1) is 18.1 Å². The van der Waals surface area contributed by atoms with E-state index < -0.39 is 0 Å². The van der Waals surface area contributed by atoms with Crippen molar-refractivity contribution in [1.29, 1.82) is 0 Å². The van der Waals surface area contributed by atoms with Crippen LogP contribution in [0.25, 0.3) is 0 Å². The molecule has 0 radical (unpaired) electrons. The smallest absolute Gasteiger partial charge is 0.233 e. The highest BCUT2D eigenvalue weighted by molar-refractivity contribution is 4.30. The number of rotatable bonds is 5. The summed E-state index contributed by atoms with van der Waals surface area (Å²) in [6.45, 7) is 8.67. The van der Waals surface area contributed by atoms with E-state index in [4.69, 9.17) is 4.84 Å². The number of nitrogens with zero attached hydrogens (tertiary/aromatic N) is 3. The van der Waals surface area contributed by atoms with Gasteiger partial charge in [0.1, 0.15) is 6.10 Å². The van der Waals surface area contributed by atoms with Gasteiger partial charge in [-0.1, -0.05) is 0 Å². The number of hydrogen-bond donors (Lipinski definition) is 0. The molecule has 0 aromatic carbocycles. The maximum absolute atomic E-state index is 11.1. The van der Waals surface area contributed by atoms with Crippen molar-refractivity contribution in [2.75, 3.05) is 13.1 Å². The van der Waals surface area contributed by atoms with Gasteiger partial charge in [-0.25, -0.2) is 0 Å².